The molecule has 0 aliphatic heterocycles. The summed E-state index contributed by atoms with van der Waals surface area (Å²) in [6.45, 7) is 2.11. The molecule has 6 heteroatoms. The highest BCUT2D eigenvalue weighted by Gasteiger charge is 2.29. The first-order valence-corrected chi connectivity index (χ1v) is 10.2. The molecule has 0 aliphatic carbocycles. The minimum atomic E-state index is -0.719. The lowest BCUT2D eigenvalue weighted by Crippen LogP contribution is -2.25. The van der Waals surface area contributed by atoms with Crippen molar-refractivity contribution in [3.05, 3.63) is 89.2 Å². The van der Waals surface area contributed by atoms with E-state index in [1.54, 1.807) is 6.92 Å². The van der Waals surface area contributed by atoms with Crippen molar-refractivity contribution in [1.82, 2.24) is 9.38 Å². The van der Waals surface area contributed by atoms with Gasteiger partial charge in [-0.2, -0.15) is 0 Å². The third-order valence-corrected chi connectivity index (χ3v) is 5.09. The summed E-state index contributed by atoms with van der Waals surface area (Å²) in [7, 11) is 0. The van der Waals surface area contributed by atoms with Crippen molar-refractivity contribution in [2.45, 2.75) is 13.0 Å². The van der Waals surface area contributed by atoms with Crippen LogP contribution < -0.4 is 5.32 Å². The van der Waals surface area contributed by atoms with Crippen LogP contribution in [0.3, 0.4) is 0 Å². The lowest BCUT2D eigenvalue weighted by molar-refractivity contribution is -0.144. The van der Waals surface area contributed by atoms with Crippen LogP contribution in [-0.2, 0) is 9.53 Å². The second-order valence-corrected chi connectivity index (χ2v) is 7.39. The fraction of sp³-hybridized carbons (Fsp3) is 0.130. The predicted octanol–water partition coefficient (Wildman–Crippen LogP) is 5.48. The monoisotopic (exact) mass is 449 g/mol. The predicted molar refractivity (Wildman–Crippen MR) is 118 cm³/mol. The van der Waals surface area contributed by atoms with Crippen molar-refractivity contribution in [1.29, 1.82) is 0 Å². The van der Waals surface area contributed by atoms with Gasteiger partial charge in [0.15, 0.2) is 6.04 Å². The molecule has 2 aromatic heterocycles. The first-order chi connectivity index (χ1) is 14.2. The van der Waals surface area contributed by atoms with Crippen molar-refractivity contribution in [3.8, 4) is 11.3 Å². The second kappa shape index (κ2) is 8.49. The maximum atomic E-state index is 13.0. The number of aromatic nitrogens is 2. The molecule has 0 bridgehead atoms. The van der Waals surface area contributed by atoms with Gasteiger partial charge in [-0.25, -0.2) is 9.78 Å². The summed E-state index contributed by atoms with van der Waals surface area (Å²) in [6.07, 6.45) is 1.92. The van der Waals surface area contributed by atoms with Gasteiger partial charge >= 0.3 is 5.97 Å². The Balaban J connectivity index is 1.88. The number of fused-ring (bicyclic) bond motifs is 1. The number of esters is 1. The van der Waals surface area contributed by atoms with E-state index in [4.69, 9.17) is 9.72 Å². The number of carbonyl (C=O) groups excluding carboxylic acids is 1. The smallest absolute Gasteiger partial charge is 0.334 e. The van der Waals surface area contributed by atoms with Crippen LogP contribution in [0, 0.1) is 0 Å². The topological polar surface area (TPSA) is 55.6 Å². The molecule has 0 saturated carbocycles. The van der Waals surface area contributed by atoms with E-state index in [2.05, 4.69) is 21.2 Å². The molecule has 2 heterocycles. The molecule has 0 aliphatic rings. The maximum Gasteiger partial charge on any atom is 0.334 e. The highest BCUT2D eigenvalue weighted by Crippen LogP contribution is 2.32. The number of carbonyl (C=O) groups is 1. The van der Waals surface area contributed by atoms with Crippen LogP contribution in [-0.4, -0.2) is 22.0 Å². The second-order valence-electron chi connectivity index (χ2n) is 6.48. The van der Waals surface area contributed by atoms with Gasteiger partial charge in [-0.15, -0.1) is 0 Å². The molecule has 4 aromatic rings. The van der Waals surface area contributed by atoms with Crippen LogP contribution in [0.5, 0.6) is 0 Å². The van der Waals surface area contributed by atoms with Crippen LogP contribution in [0.2, 0.25) is 0 Å². The van der Waals surface area contributed by atoms with Gasteiger partial charge < -0.3 is 14.5 Å². The number of anilines is 1. The Bertz CT molecular complexity index is 1120. The number of nitrogens with one attached hydrogen (secondary N) is 1. The molecule has 146 valence electrons. The number of hydrogen-bond acceptors (Lipinski definition) is 4. The zero-order chi connectivity index (χ0) is 20.2. The number of benzene rings is 2. The molecule has 4 rings (SSSR count). The van der Waals surface area contributed by atoms with Crippen molar-refractivity contribution in [3.63, 3.8) is 0 Å². The van der Waals surface area contributed by atoms with Crippen molar-refractivity contribution in [2.24, 2.45) is 0 Å². The third-order valence-electron chi connectivity index (χ3n) is 4.57. The number of hydrogen-bond donors (Lipinski definition) is 1. The lowest BCUT2D eigenvalue weighted by Gasteiger charge is -2.20. The van der Waals surface area contributed by atoms with Crippen LogP contribution >= 0.6 is 15.9 Å². The minimum absolute atomic E-state index is 0.300. The molecular formula is C23H20BrN3O2. The Morgan fingerprint density at radius 3 is 2.52 bits per heavy atom. The fourth-order valence-corrected chi connectivity index (χ4v) is 3.54. The normalized spacial score (nSPS) is 11.9. The van der Waals surface area contributed by atoms with Gasteiger partial charge in [-0.3, -0.25) is 0 Å². The van der Waals surface area contributed by atoms with E-state index in [0.29, 0.717) is 6.61 Å². The van der Waals surface area contributed by atoms with Crippen molar-refractivity contribution in [2.75, 3.05) is 11.9 Å². The van der Waals surface area contributed by atoms with Crippen LogP contribution in [0.15, 0.2) is 83.5 Å². The summed E-state index contributed by atoms with van der Waals surface area (Å²) >= 11 is 3.45. The molecule has 0 fully saturated rings. The average molecular weight is 450 g/mol. The van der Waals surface area contributed by atoms with E-state index in [9.17, 15) is 4.79 Å². The van der Waals surface area contributed by atoms with Gasteiger partial charge in [0, 0.05) is 21.9 Å². The molecule has 1 atom stereocenters. The van der Waals surface area contributed by atoms with Crippen molar-refractivity contribution < 1.29 is 9.53 Å². The van der Waals surface area contributed by atoms with E-state index >= 15 is 0 Å². The van der Waals surface area contributed by atoms with E-state index in [0.717, 1.165) is 32.8 Å². The van der Waals surface area contributed by atoms with Gasteiger partial charge in [-0.1, -0.05) is 52.3 Å². The first kappa shape index (κ1) is 19.2. The molecule has 0 amide bonds. The number of rotatable bonds is 6. The summed E-state index contributed by atoms with van der Waals surface area (Å²) in [4.78, 5) is 17.8. The molecule has 0 radical (unpaired) electrons. The molecule has 1 unspecified atom stereocenters. The first-order valence-electron chi connectivity index (χ1n) is 9.38. The molecule has 0 spiro atoms. The molecule has 2 aromatic carbocycles. The third kappa shape index (κ3) is 4.03. The quantitative estimate of drug-likeness (QED) is 0.396. The summed E-state index contributed by atoms with van der Waals surface area (Å²) in [5.74, 6) is -0.349. The number of nitrogens with zero attached hydrogens (tertiary/aromatic N) is 2. The van der Waals surface area contributed by atoms with Crippen molar-refractivity contribution >= 4 is 33.2 Å². The number of halogens is 1. The summed E-state index contributed by atoms with van der Waals surface area (Å²) in [5, 5.41) is 3.34. The van der Waals surface area contributed by atoms with Gasteiger partial charge in [0.1, 0.15) is 5.65 Å². The number of imidazole rings is 1. The van der Waals surface area contributed by atoms with Gasteiger partial charge in [-0.05, 0) is 43.3 Å². The Hall–Kier alpha value is -3.12. The van der Waals surface area contributed by atoms with Crippen LogP contribution in [0.4, 0.5) is 5.69 Å². The zero-order valence-corrected chi connectivity index (χ0v) is 17.5. The van der Waals surface area contributed by atoms with E-state index < -0.39 is 6.04 Å². The summed E-state index contributed by atoms with van der Waals surface area (Å²) in [5.41, 5.74) is 4.02. The summed E-state index contributed by atoms with van der Waals surface area (Å²) < 4.78 is 8.32. The maximum absolute atomic E-state index is 13.0. The standard InChI is InChI=1S/C23H20BrN3O2/c1-2-29-23(28)21(25-18-13-11-17(24)12-14-18)22-20(16-8-4-3-5-9-16)26-19-10-6-7-15-27(19)22/h3-15,21,25H,2H2,1H3. The Labute approximate surface area is 177 Å². The zero-order valence-electron chi connectivity index (χ0n) is 15.9. The van der Waals surface area contributed by atoms with E-state index in [1.165, 1.54) is 0 Å². The number of ether oxygens (including phenoxy) is 1. The highest BCUT2D eigenvalue weighted by atomic mass is 79.9. The SMILES string of the molecule is CCOC(=O)C(Nc1ccc(Br)cc1)c1c(-c2ccccc2)nc2ccccn12. The van der Waals surface area contributed by atoms with E-state index in [-0.39, 0.29) is 5.97 Å². The fourth-order valence-electron chi connectivity index (χ4n) is 3.28. The van der Waals surface area contributed by atoms with Gasteiger partial charge in [0.25, 0.3) is 0 Å². The van der Waals surface area contributed by atoms with Crippen LogP contribution in [0.25, 0.3) is 16.9 Å². The summed E-state index contributed by atoms with van der Waals surface area (Å²) in [6, 6.07) is 22.6. The van der Waals surface area contributed by atoms with E-state index in [1.807, 2.05) is 83.4 Å². The highest BCUT2D eigenvalue weighted by molar-refractivity contribution is 9.10. The Kier molecular flexibility index (Phi) is 5.62. The molecule has 1 N–H and O–H groups in total. The Morgan fingerprint density at radius 1 is 1.07 bits per heavy atom. The molecule has 0 saturated heterocycles. The molecule has 5 nitrogen and oxygen atoms in total. The molecular weight excluding hydrogens is 430 g/mol. The average Bonchev–Trinajstić information content (AvgIpc) is 3.13. The Morgan fingerprint density at radius 2 is 1.79 bits per heavy atom. The lowest BCUT2D eigenvalue weighted by atomic mass is 10.1. The van der Waals surface area contributed by atoms with Gasteiger partial charge in [0.2, 0.25) is 0 Å². The minimum Gasteiger partial charge on any atom is -0.464 e. The number of pyridine rings is 1. The van der Waals surface area contributed by atoms with Crippen LogP contribution in [0.1, 0.15) is 18.7 Å². The largest absolute Gasteiger partial charge is 0.464 e. The molecule has 29 heavy (non-hydrogen) atoms. The van der Waals surface area contributed by atoms with Gasteiger partial charge in [0.05, 0.1) is 18.0 Å².